The number of rotatable bonds is 4. The Morgan fingerprint density at radius 1 is 1.47 bits per heavy atom. The van der Waals surface area contributed by atoms with Crippen LogP contribution < -0.4 is 16.8 Å². The summed E-state index contributed by atoms with van der Waals surface area (Å²) in [5, 5.41) is 2.76. The van der Waals surface area contributed by atoms with E-state index < -0.39 is 11.4 Å². The molecule has 94 valence electrons. The Bertz CT molecular complexity index is 432. The SMILES string of the molecule is Cc1sc(C(=O)NC(C)(C)CC(N)=O)cc1N. The largest absolute Gasteiger partial charge is 0.398 e. The summed E-state index contributed by atoms with van der Waals surface area (Å²) < 4.78 is 0. The molecule has 0 spiro atoms. The van der Waals surface area contributed by atoms with Crippen molar-refractivity contribution in [3.63, 3.8) is 0 Å². The van der Waals surface area contributed by atoms with Crippen molar-refractivity contribution in [3.05, 3.63) is 15.8 Å². The molecular formula is C11H17N3O2S. The smallest absolute Gasteiger partial charge is 0.261 e. The van der Waals surface area contributed by atoms with Gasteiger partial charge in [0.1, 0.15) is 0 Å². The summed E-state index contributed by atoms with van der Waals surface area (Å²) in [6.45, 7) is 5.35. The van der Waals surface area contributed by atoms with Crippen molar-refractivity contribution in [1.29, 1.82) is 0 Å². The Balaban J connectivity index is 2.75. The second-order valence-corrected chi connectivity index (χ2v) is 5.86. The fourth-order valence-electron chi connectivity index (χ4n) is 1.46. The highest BCUT2D eigenvalue weighted by Gasteiger charge is 2.24. The summed E-state index contributed by atoms with van der Waals surface area (Å²) in [6.07, 6.45) is 0.0958. The van der Waals surface area contributed by atoms with Crippen LogP contribution in [0, 0.1) is 6.92 Å². The van der Waals surface area contributed by atoms with E-state index in [1.807, 2.05) is 6.92 Å². The molecule has 0 fully saturated rings. The van der Waals surface area contributed by atoms with Crippen molar-refractivity contribution in [2.45, 2.75) is 32.7 Å². The Kier molecular flexibility index (Phi) is 3.77. The molecule has 0 aliphatic heterocycles. The number of aryl methyl sites for hydroxylation is 1. The summed E-state index contributed by atoms with van der Waals surface area (Å²) in [5.41, 5.74) is 10.7. The van der Waals surface area contributed by atoms with Crippen molar-refractivity contribution in [2.75, 3.05) is 5.73 Å². The van der Waals surface area contributed by atoms with Gasteiger partial charge in [-0.3, -0.25) is 9.59 Å². The Morgan fingerprint density at radius 3 is 2.47 bits per heavy atom. The van der Waals surface area contributed by atoms with Crippen LogP contribution in [0.3, 0.4) is 0 Å². The third-order valence-corrected chi connectivity index (χ3v) is 3.31. The van der Waals surface area contributed by atoms with Gasteiger partial charge in [-0.05, 0) is 26.8 Å². The Hall–Kier alpha value is -1.56. The third kappa shape index (κ3) is 3.74. The number of primary amides is 1. The molecule has 0 saturated heterocycles. The van der Waals surface area contributed by atoms with E-state index in [0.717, 1.165) is 4.88 Å². The van der Waals surface area contributed by atoms with Crippen molar-refractivity contribution in [1.82, 2.24) is 5.32 Å². The molecule has 6 heteroatoms. The fourth-order valence-corrected chi connectivity index (χ4v) is 2.29. The zero-order chi connectivity index (χ0) is 13.2. The Morgan fingerprint density at radius 2 is 2.06 bits per heavy atom. The number of nitrogens with one attached hydrogen (secondary N) is 1. The van der Waals surface area contributed by atoms with Gasteiger partial charge in [0, 0.05) is 22.5 Å². The molecule has 0 bridgehead atoms. The van der Waals surface area contributed by atoms with Gasteiger partial charge in [-0.25, -0.2) is 0 Å². The maximum Gasteiger partial charge on any atom is 0.261 e. The minimum Gasteiger partial charge on any atom is -0.398 e. The molecule has 1 heterocycles. The summed E-state index contributed by atoms with van der Waals surface area (Å²) >= 11 is 1.33. The number of carbonyl (C=O) groups excluding carboxylic acids is 2. The highest BCUT2D eigenvalue weighted by Crippen LogP contribution is 2.24. The first kappa shape index (κ1) is 13.5. The van der Waals surface area contributed by atoms with Gasteiger partial charge in [0.2, 0.25) is 5.91 Å². The lowest BCUT2D eigenvalue weighted by Gasteiger charge is -2.24. The highest BCUT2D eigenvalue weighted by molar-refractivity contribution is 7.14. The van der Waals surface area contributed by atoms with E-state index in [0.29, 0.717) is 10.6 Å². The highest BCUT2D eigenvalue weighted by atomic mass is 32.1. The lowest BCUT2D eigenvalue weighted by molar-refractivity contribution is -0.119. The minimum absolute atomic E-state index is 0.0958. The van der Waals surface area contributed by atoms with Crippen molar-refractivity contribution >= 4 is 28.8 Å². The number of nitrogen functional groups attached to an aromatic ring is 1. The number of hydrogen-bond donors (Lipinski definition) is 3. The van der Waals surface area contributed by atoms with Crippen LogP contribution in [-0.2, 0) is 4.79 Å². The molecule has 0 aliphatic carbocycles. The van der Waals surface area contributed by atoms with Crippen LogP contribution in [0.5, 0.6) is 0 Å². The number of hydrogen-bond acceptors (Lipinski definition) is 4. The molecule has 0 radical (unpaired) electrons. The normalized spacial score (nSPS) is 11.2. The number of carbonyl (C=O) groups is 2. The molecule has 0 saturated carbocycles. The molecule has 5 N–H and O–H groups in total. The van der Waals surface area contributed by atoms with E-state index in [2.05, 4.69) is 5.32 Å². The van der Waals surface area contributed by atoms with Crippen LogP contribution in [0.1, 0.15) is 34.8 Å². The molecule has 0 aromatic carbocycles. The molecule has 1 aromatic heterocycles. The first-order valence-electron chi connectivity index (χ1n) is 5.18. The zero-order valence-electron chi connectivity index (χ0n) is 10.2. The zero-order valence-corrected chi connectivity index (χ0v) is 11.0. The van der Waals surface area contributed by atoms with E-state index in [1.165, 1.54) is 11.3 Å². The average molecular weight is 255 g/mol. The van der Waals surface area contributed by atoms with Crippen molar-refractivity contribution < 1.29 is 9.59 Å². The number of anilines is 1. The Labute approximate surface area is 104 Å². The molecule has 0 atom stereocenters. The third-order valence-electron chi connectivity index (χ3n) is 2.25. The standard InChI is InChI=1S/C11H17N3O2S/c1-6-7(12)4-8(17-6)10(16)14-11(2,3)5-9(13)15/h4H,5,12H2,1-3H3,(H2,13,15)(H,14,16). The van der Waals surface area contributed by atoms with Crippen LogP contribution >= 0.6 is 11.3 Å². The van der Waals surface area contributed by atoms with Crippen molar-refractivity contribution in [2.24, 2.45) is 5.73 Å². The van der Waals surface area contributed by atoms with Gasteiger partial charge < -0.3 is 16.8 Å². The van der Waals surface area contributed by atoms with Gasteiger partial charge in [0.25, 0.3) is 5.91 Å². The summed E-state index contributed by atoms with van der Waals surface area (Å²) in [6, 6.07) is 1.63. The maximum absolute atomic E-state index is 11.9. The first-order chi connectivity index (χ1) is 7.71. The van der Waals surface area contributed by atoms with Crippen molar-refractivity contribution in [3.8, 4) is 0 Å². The molecule has 0 unspecified atom stereocenters. The lowest BCUT2D eigenvalue weighted by Crippen LogP contribution is -2.45. The topological polar surface area (TPSA) is 98.2 Å². The minimum atomic E-state index is -0.657. The molecule has 5 nitrogen and oxygen atoms in total. The quantitative estimate of drug-likeness (QED) is 0.749. The molecular weight excluding hydrogens is 238 g/mol. The van der Waals surface area contributed by atoms with Crippen LogP contribution in [0.4, 0.5) is 5.69 Å². The van der Waals surface area contributed by atoms with Gasteiger partial charge in [0.05, 0.1) is 4.88 Å². The van der Waals surface area contributed by atoms with E-state index in [-0.39, 0.29) is 12.3 Å². The molecule has 1 aromatic rings. The predicted molar refractivity (Wildman–Crippen MR) is 68.8 cm³/mol. The monoisotopic (exact) mass is 255 g/mol. The van der Waals surface area contributed by atoms with Gasteiger partial charge >= 0.3 is 0 Å². The van der Waals surface area contributed by atoms with E-state index in [9.17, 15) is 9.59 Å². The average Bonchev–Trinajstić information content (AvgIpc) is 2.43. The van der Waals surface area contributed by atoms with Crippen LogP contribution in [0.15, 0.2) is 6.07 Å². The summed E-state index contributed by atoms with van der Waals surface area (Å²) in [4.78, 5) is 24.2. The predicted octanol–water partition coefficient (Wildman–Crippen LogP) is 1.02. The van der Waals surface area contributed by atoms with Crippen LogP contribution in [-0.4, -0.2) is 17.4 Å². The lowest BCUT2D eigenvalue weighted by atomic mass is 10.0. The maximum atomic E-state index is 11.9. The van der Waals surface area contributed by atoms with Crippen LogP contribution in [0.25, 0.3) is 0 Å². The number of nitrogens with two attached hydrogens (primary N) is 2. The summed E-state index contributed by atoms with van der Waals surface area (Å²) in [5.74, 6) is -0.682. The number of amides is 2. The molecule has 17 heavy (non-hydrogen) atoms. The first-order valence-corrected chi connectivity index (χ1v) is 5.99. The number of thiophene rings is 1. The molecule has 2 amide bonds. The van der Waals surface area contributed by atoms with E-state index >= 15 is 0 Å². The fraction of sp³-hybridized carbons (Fsp3) is 0.455. The van der Waals surface area contributed by atoms with Gasteiger partial charge in [-0.1, -0.05) is 0 Å². The molecule has 1 rings (SSSR count). The second-order valence-electron chi connectivity index (χ2n) is 4.60. The molecule has 0 aliphatic rings. The van der Waals surface area contributed by atoms with Crippen LogP contribution in [0.2, 0.25) is 0 Å². The van der Waals surface area contributed by atoms with E-state index in [4.69, 9.17) is 11.5 Å². The van der Waals surface area contributed by atoms with Gasteiger partial charge in [0.15, 0.2) is 0 Å². The van der Waals surface area contributed by atoms with Gasteiger partial charge in [-0.2, -0.15) is 0 Å². The second kappa shape index (κ2) is 4.75. The van der Waals surface area contributed by atoms with Gasteiger partial charge in [-0.15, -0.1) is 11.3 Å². The summed E-state index contributed by atoms with van der Waals surface area (Å²) in [7, 11) is 0. The van der Waals surface area contributed by atoms with E-state index in [1.54, 1.807) is 19.9 Å².